The van der Waals surface area contributed by atoms with Gasteiger partial charge in [0.15, 0.2) is 0 Å². The quantitative estimate of drug-likeness (QED) is 0.431. The van der Waals surface area contributed by atoms with E-state index in [9.17, 15) is 8.42 Å². The van der Waals surface area contributed by atoms with Crippen LogP contribution in [0.25, 0.3) is 10.8 Å². The van der Waals surface area contributed by atoms with Crippen molar-refractivity contribution < 1.29 is 8.42 Å². The predicted molar refractivity (Wildman–Crippen MR) is 127 cm³/mol. The van der Waals surface area contributed by atoms with Crippen molar-refractivity contribution in [1.82, 2.24) is 4.98 Å². The molecule has 0 bridgehead atoms. The Morgan fingerprint density at radius 1 is 0.839 bits per heavy atom. The van der Waals surface area contributed by atoms with E-state index < -0.39 is 10.0 Å². The average molecular weight is 432 g/mol. The van der Waals surface area contributed by atoms with Crippen LogP contribution in [-0.4, -0.2) is 27.5 Å². The third-order valence-corrected chi connectivity index (χ3v) is 7.12. The Morgan fingerprint density at radius 2 is 1.55 bits per heavy atom. The fraction of sp³-hybridized carbons (Fsp3) is 0.160. The molecular weight excluding hydrogens is 406 g/mol. The molecule has 4 aromatic rings. The van der Waals surface area contributed by atoms with E-state index in [0.717, 1.165) is 22.2 Å². The lowest BCUT2D eigenvalue weighted by atomic mass is 10.1. The van der Waals surface area contributed by atoms with E-state index in [-0.39, 0.29) is 11.4 Å². The monoisotopic (exact) mass is 431 g/mol. The Bertz CT molecular complexity index is 1300. The smallest absolute Gasteiger partial charge is 0.265 e. The molecule has 4 rings (SSSR count). The van der Waals surface area contributed by atoms with Crippen molar-refractivity contribution in [3.8, 4) is 0 Å². The lowest BCUT2D eigenvalue weighted by Gasteiger charge is -2.25. The molecule has 0 amide bonds. The number of aryl methyl sites for hydroxylation is 1. The number of aromatic nitrogens is 1. The van der Waals surface area contributed by atoms with E-state index in [1.165, 1.54) is 4.31 Å². The number of pyridine rings is 1. The minimum absolute atomic E-state index is 0.220. The molecule has 0 aliphatic rings. The van der Waals surface area contributed by atoms with Gasteiger partial charge in [0.1, 0.15) is 0 Å². The maximum absolute atomic E-state index is 14.0. The number of nitrogens with zero attached hydrogens (tertiary/aromatic N) is 3. The molecule has 0 radical (unpaired) electrons. The summed E-state index contributed by atoms with van der Waals surface area (Å²) in [6.45, 7) is 2.23. The zero-order valence-corrected chi connectivity index (χ0v) is 18.7. The van der Waals surface area contributed by atoms with Crippen molar-refractivity contribution in [2.24, 2.45) is 0 Å². The number of rotatable bonds is 6. The highest BCUT2D eigenvalue weighted by molar-refractivity contribution is 7.93. The normalized spacial score (nSPS) is 11.5. The van der Waals surface area contributed by atoms with Crippen molar-refractivity contribution in [3.63, 3.8) is 0 Å². The second-order valence-electron chi connectivity index (χ2n) is 7.73. The maximum Gasteiger partial charge on any atom is 0.265 e. The number of benzene rings is 3. The fourth-order valence-electron chi connectivity index (χ4n) is 3.67. The topological polar surface area (TPSA) is 53.5 Å². The summed E-state index contributed by atoms with van der Waals surface area (Å²) in [4.78, 5) is 6.43. The number of anilines is 2. The summed E-state index contributed by atoms with van der Waals surface area (Å²) in [6.07, 6.45) is 3.23. The van der Waals surface area contributed by atoms with E-state index in [1.54, 1.807) is 36.7 Å². The van der Waals surface area contributed by atoms with Gasteiger partial charge < -0.3 is 4.90 Å². The Morgan fingerprint density at radius 3 is 2.23 bits per heavy atom. The Kier molecular flexibility index (Phi) is 5.65. The van der Waals surface area contributed by atoms with Gasteiger partial charge in [-0.1, -0.05) is 54.1 Å². The van der Waals surface area contributed by atoms with E-state index in [4.69, 9.17) is 0 Å². The summed E-state index contributed by atoms with van der Waals surface area (Å²) in [5, 5.41) is 1.60. The molecule has 31 heavy (non-hydrogen) atoms. The molecular formula is C25H25N3O2S. The van der Waals surface area contributed by atoms with Crippen molar-refractivity contribution in [3.05, 3.63) is 96.3 Å². The molecule has 0 fully saturated rings. The van der Waals surface area contributed by atoms with Gasteiger partial charge in [0.05, 0.1) is 23.3 Å². The molecule has 0 spiro atoms. The van der Waals surface area contributed by atoms with Gasteiger partial charge in [0.2, 0.25) is 0 Å². The van der Waals surface area contributed by atoms with Crippen molar-refractivity contribution in [2.45, 2.75) is 18.4 Å². The molecule has 6 heteroatoms. The maximum atomic E-state index is 14.0. The number of sulfonamides is 1. The third kappa shape index (κ3) is 4.11. The van der Waals surface area contributed by atoms with Gasteiger partial charge in [-0.3, -0.25) is 9.29 Å². The summed E-state index contributed by atoms with van der Waals surface area (Å²) < 4.78 is 29.4. The third-order valence-electron chi connectivity index (χ3n) is 5.29. The van der Waals surface area contributed by atoms with Crippen LogP contribution in [0.4, 0.5) is 11.4 Å². The summed E-state index contributed by atoms with van der Waals surface area (Å²) in [5.41, 5.74) is 3.54. The number of hydrogen-bond donors (Lipinski definition) is 0. The minimum Gasteiger partial charge on any atom is -0.377 e. The first-order valence-electron chi connectivity index (χ1n) is 10.1. The van der Waals surface area contributed by atoms with Gasteiger partial charge in [0, 0.05) is 36.8 Å². The van der Waals surface area contributed by atoms with Crippen LogP contribution >= 0.6 is 0 Å². The molecule has 0 aliphatic carbocycles. The number of fused-ring (bicyclic) bond motifs is 1. The molecule has 0 atom stereocenters. The lowest BCUT2D eigenvalue weighted by Crippen LogP contribution is -2.31. The molecule has 0 saturated carbocycles. The lowest BCUT2D eigenvalue weighted by molar-refractivity contribution is 0.591. The second-order valence-corrected chi connectivity index (χ2v) is 9.56. The summed E-state index contributed by atoms with van der Waals surface area (Å²) in [7, 11) is 0.0506. The van der Waals surface area contributed by atoms with Crippen LogP contribution in [0.3, 0.4) is 0 Å². The Hall–Kier alpha value is -3.38. The largest absolute Gasteiger partial charge is 0.377 e. The SMILES string of the molecule is Cc1ccc(CN(c2cccnc2)S(=O)(=O)c2cccc3c(N(C)C)cccc23)cc1. The first-order chi connectivity index (χ1) is 14.9. The molecule has 0 aliphatic heterocycles. The number of hydrogen-bond acceptors (Lipinski definition) is 4. The fourth-order valence-corrected chi connectivity index (χ4v) is 5.32. The minimum atomic E-state index is -3.86. The molecule has 5 nitrogen and oxygen atoms in total. The molecule has 0 saturated heterocycles. The molecule has 1 heterocycles. The van der Waals surface area contributed by atoms with Gasteiger partial charge >= 0.3 is 0 Å². The molecule has 3 aromatic carbocycles. The Balaban J connectivity index is 1.89. The first kappa shape index (κ1) is 20.9. The van der Waals surface area contributed by atoms with Crippen LogP contribution in [0, 0.1) is 6.92 Å². The first-order valence-corrected chi connectivity index (χ1v) is 11.5. The van der Waals surface area contributed by atoms with Crippen molar-refractivity contribution in [1.29, 1.82) is 0 Å². The van der Waals surface area contributed by atoms with Crippen LogP contribution in [0.2, 0.25) is 0 Å². The summed E-state index contributed by atoms with van der Waals surface area (Å²) in [6, 6.07) is 22.6. The Labute approximate surface area is 183 Å². The van der Waals surface area contributed by atoms with Gasteiger partial charge in [-0.05, 0) is 36.8 Å². The zero-order valence-electron chi connectivity index (χ0n) is 17.9. The van der Waals surface area contributed by atoms with Gasteiger partial charge in [0.25, 0.3) is 10.0 Å². The summed E-state index contributed by atoms with van der Waals surface area (Å²) in [5.74, 6) is 0. The van der Waals surface area contributed by atoms with Crippen LogP contribution in [0.5, 0.6) is 0 Å². The van der Waals surface area contributed by atoms with Gasteiger partial charge in [-0.15, -0.1) is 0 Å². The molecule has 0 N–H and O–H groups in total. The highest BCUT2D eigenvalue weighted by atomic mass is 32.2. The van der Waals surface area contributed by atoms with E-state index in [1.807, 2.05) is 74.4 Å². The van der Waals surface area contributed by atoms with Gasteiger partial charge in [-0.25, -0.2) is 8.42 Å². The average Bonchev–Trinajstić information content (AvgIpc) is 2.78. The molecule has 1 aromatic heterocycles. The standard InChI is InChI=1S/C25H25N3O2S/c1-19-12-14-20(15-13-19)18-28(21-7-6-16-26-17-21)31(29,30)25-11-5-8-22-23(25)9-4-10-24(22)27(2)3/h4-17H,18H2,1-3H3. The van der Waals surface area contributed by atoms with Gasteiger partial charge in [-0.2, -0.15) is 0 Å². The zero-order chi connectivity index (χ0) is 22.0. The summed E-state index contributed by atoms with van der Waals surface area (Å²) >= 11 is 0. The van der Waals surface area contributed by atoms with Crippen molar-refractivity contribution >= 4 is 32.2 Å². The predicted octanol–water partition coefficient (Wildman–Crippen LogP) is 5.00. The van der Waals surface area contributed by atoms with Crippen LogP contribution < -0.4 is 9.21 Å². The second kappa shape index (κ2) is 8.40. The van der Waals surface area contributed by atoms with E-state index in [2.05, 4.69) is 4.98 Å². The van der Waals surface area contributed by atoms with Crippen LogP contribution in [0.1, 0.15) is 11.1 Å². The van der Waals surface area contributed by atoms with E-state index >= 15 is 0 Å². The highest BCUT2D eigenvalue weighted by Crippen LogP contribution is 2.33. The molecule has 0 unspecified atom stereocenters. The molecule has 158 valence electrons. The van der Waals surface area contributed by atoms with Crippen LogP contribution in [-0.2, 0) is 16.6 Å². The van der Waals surface area contributed by atoms with E-state index in [0.29, 0.717) is 11.1 Å². The van der Waals surface area contributed by atoms with Crippen LogP contribution in [0.15, 0.2) is 90.1 Å². The highest BCUT2D eigenvalue weighted by Gasteiger charge is 2.27. The van der Waals surface area contributed by atoms with Crippen molar-refractivity contribution in [2.75, 3.05) is 23.3 Å².